The van der Waals surface area contributed by atoms with Gasteiger partial charge < -0.3 is 9.64 Å². The first-order chi connectivity index (χ1) is 13.2. The first kappa shape index (κ1) is 18.7. The number of carbonyl (C=O) groups excluding carboxylic acids is 1. The fraction of sp³-hybridized carbons (Fsp3) is 0.273. The lowest BCUT2D eigenvalue weighted by Gasteiger charge is -2.17. The summed E-state index contributed by atoms with van der Waals surface area (Å²) in [6.45, 7) is 3.13. The van der Waals surface area contributed by atoms with Crippen LogP contribution in [0.4, 0.5) is 0 Å². The molecule has 3 aromatic rings. The Morgan fingerprint density at radius 3 is 2.63 bits per heavy atom. The Morgan fingerprint density at radius 1 is 1.11 bits per heavy atom. The summed E-state index contributed by atoms with van der Waals surface area (Å²) in [6, 6.07) is 17.8. The van der Waals surface area contributed by atoms with Gasteiger partial charge in [-0.15, -0.1) is 0 Å². The number of hydrogen-bond acceptors (Lipinski definition) is 3. The summed E-state index contributed by atoms with van der Waals surface area (Å²) < 4.78 is 7.46. The minimum Gasteiger partial charge on any atom is -0.494 e. The van der Waals surface area contributed by atoms with Crippen LogP contribution in [0.25, 0.3) is 5.69 Å². The molecular formula is C22H25N3O2. The van der Waals surface area contributed by atoms with Crippen molar-refractivity contribution in [3.63, 3.8) is 0 Å². The zero-order chi connectivity index (χ0) is 19.1. The topological polar surface area (TPSA) is 47.4 Å². The SMILES string of the molecule is CCOc1ccccc1CCC(=O)N(C)Cc1cnn(-c2ccccc2)c1. The van der Waals surface area contributed by atoms with Crippen LogP contribution in [0, 0.1) is 0 Å². The molecule has 0 bridgehead atoms. The molecule has 0 aliphatic heterocycles. The minimum absolute atomic E-state index is 0.105. The summed E-state index contributed by atoms with van der Waals surface area (Å²) in [7, 11) is 1.83. The summed E-state index contributed by atoms with van der Waals surface area (Å²) in [5, 5.41) is 4.39. The Hall–Kier alpha value is -3.08. The lowest BCUT2D eigenvalue weighted by atomic mass is 10.1. The third-order valence-electron chi connectivity index (χ3n) is 4.38. The molecule has 0 saturated heterocycles. The van der Waals surface area contributed by atoms with Crippen molar-refractivity contribution in [3.05, 3.63) is 78.1 Å². The number of aromatic nitrogens is 2. The van der Waals surface area contributed by atoms with Gasteiger partial charge in [-0.25, -0.2) is 4.68 Å². The highest BCUT2D eigenvalue weighted by molar-refractivity contribution is 5.76. The summed E-state index contributed by atoms with van der Waals surface area (Å²) in [6.07, 6.45) is 4.89. The maximum atomic E-state index is 12.5. The number of para-hydroxylation sites is 2. The van der Waals surface area contributed by atoms with Crippen LogP contribution in [0.1, 0.15) is 24.5 Å². The molecule has 0 aliphatic carbocycles. The fourth-order valence-corrected chi connectivity index (χ4v) is 2.96. The van der Waals surface area contributed by atoms with Gasteiger partial charge in [0.15, 0.2) is 0 Å². The molecule has 1 amide bonds. The highest BCUT2D eigenvalue weighted by Gasteiger charge is 2.12. The van der Waals surface area contributed by atoms with E-state index in [1.165, 1.54) is 0 Å². The van der Waals surface area contributed by atoms with E-state index in [4.69, 9.17) is 4.74 Å². The number of benzene rings is 2. The standard InChI is InChI=1S/C22H25N3O2/c1-3-27-21-12-8-7-9-19(21)13-14-22(26)24(2)16-18-15-23-25(17-18)20-10-5-4-6-11-20/h4-12,15,17H,3,13-14,16H2,1-2H3. The number of aryl methyl sites for hydroxylation is 1. The van der Waals surface area contributed by atoms with E-state index in [1.807, 2.05) is 79.4 Å². The summed E-state index contributed by atoms with van der Waals surface area (Å²) in [5.74, 6) is 0.966. The molecular weight excluding hydrogens is 338 g/mol. The maximum Gasteiger partial charge on any atom is 0.222 e. The molecule has 27 heavy (non-hydrogen) atoms. The van der Waals surface area contributed by atoms with Gasteiger partial charge in [-0.2, -0.15) is 5.10 Å². The molecule has 0 saturated carbocycles. The van der Waals surface area contributed by atoms with Gasteiger partial charge in [-0.05, 0) is 37.1 Å². The molecule has 140 valence electrons. The van der Waals surface area contributed by atoms with Gasteiger partial charge in [0, 0.05) is 31.8 Å². The Balaban J connectivity index is 1.56. The van der Waals surface area contributed by atoms with Gasteiger partial charge in [-0.3, -0.25) is 4.79 Å². The molecule has 1 heterocycles. The van der Waals surface area contributed by atoms with E-state index in [0.29, 0.717) is 26.0 Å². The van der Waals surface area contributed by atoms with E-state index in [2.05, 4.69) is 5.10 Å². The third-order valence-corrected chi connectivity index (χ3v) is 4.38. The quantitative estimate of drug-likeness (QED) is 0.610. The van der Waals surface area contributed by atoms with Crippen molar-refractivity contribution in [1.82, 2.24) is 14.7 Å². The summed E-state index contributed by atoms with van der Waals surface area (Å²) >= 11 is 0. The second-order valence-corrected chi connectivity index (χ2v) is 6.42. The van der Waals surface area contributed by atoms with Crippen molar-refractivity contribution in [2.45, 2.75) is 26.3 Å². The van der Waals surface area contributed by atoms with Crippen molar-refractivity contribution in [2.24, 2.45) is 0 Å². The fourth-order valence-electron chi connectivity index (χ4n) is 2.96. The van der Waals surface area contributed by atoms with Crippen LogP contribution >= 0.6 is 0 Å². The number of carbonyl (C=O) groups is 1. The summed E-state index contributed by atoms with van der Waals surface area (Å²) in [4.78, 5) is 14.3. The number of ether oxygens (including phenoxy) is 1. The molecule has 1 aromatic heterocycles. The van der Waals surface area contributed by atoms with Crippen LogP contribution in [0.3, 0.4) is 0 Å². The zero-order valence-corrected chi connectivity index (χ0v) is 15.8. The molecule has 0 fully saturated rings. The van der Waals surface area contributed by atoms with Crippen molar-refractivity contribution >= 4 is 5.91 Å². The molecule has 3 rings (SSSR count). The minimum atomic E-state index is 0.105. The summed E-state index contributed by atoms with van der Waals surface area (Å²) in [5.41, 5.74) is 3.08. The molecule has 5 nitrogen and oxygen atoms in total. The van der Waals surface area contributed by atoms with E-state index >= 15 is 0 Å². The van der Waals surface area contributed by atoms with Crippen molar-refractivity contribution in [3.8, 4) is 11.4 Å². The number of hydrogen-bond donors (Lipinski definition) is 0. The number of rotatable bonds is 8. The highest BCUT2D eigenvalue weighted by atomic mass is 16.5. The predicted octanol–water partition coefficient (Wildman–Crippen LogP) is 3.86. The first-order valence-electron chi connectivity index (χ1n) is 9.21. The van der Waals surface area contributed by atoms with Crippen LogP contribution < -0.4 is 4.74 Å². The Labute approximate surface area is 160 Å². The van der Waals surface area contributed by atoms with Crippen LogP contribution in [-0.4, -0.2) is 34.2 Å². The second-order valence-electron chi connectivity index (χ2n) is 6.42. The molecule has 5 heteroatoms. The highest BCUT2D eigenvalue weighted by Crippen LogP contribution is 2.20. The third kappa shape index (κ3) is 4.97. The zero-order valence-electron chi connectivity index (χ0n) is 15.8. The first-order valence-corrected chi connectivity index (χ1v) is 9.21. The largest absolute Gasteiger partial charge is 0.494 e. The van der Waals surface area contributed by atoms with Gasteiger partial charge in [0.2, 0.25) is 5.91 Å². The Bertz CT molecular complexity index is 874. The molecule has 0 unspecified atom stereocenters. The van der Waals surface area contributed by atoms with Crippen LogP contribution in [0.5, 0.6) is 5.75 Å². The average molecular weight is 363 g/mol. The Kier molecular flexibility index (Phi) is 6.26. The van der Waals surface area contributed by atoms with Crippen molar-refractivity contribution < 1.29 is 9.53 Å². The van der Waals surface area contributed by atoms with Gasteiger partial charge in [-0.1, -0.05) is 36.4 Å². The van der Waals surface area contributed by atoms with Crippen LogP contribution in [0.15, 0.2) is 67.0 Å². The molecule has 0 radical (unpaired) electrons. The van der Waals surface area contributed by atoms with Gasteiger partial charge in [0.05, 0.1) is 18.5 Å². The van der Waals surface area contributed by atoms with Crippen LogP contribution in [-0.2, 0) is 17.8 Å². The van der Waals surface area contributed by atoms with E-state index in [-0.39, 0.29) is 5.91 Å². The van der Waals surface area contributed by atoms with E-state index in [0.717, 1.165) is 22.6 Å². The number of nitrogens with zero attached hydrogens (tertiary/aromatic N) is 3. The molecule has 0 aliphatic rings. The van der Waals surface area contributed by atoms with Crippen LogP contribution in [0.2, 0.25) is 0 Å². The lowest BCUT2D eigenvalue weighted by molar-refractivity contribution is -0.130. The molecule has 0 N–H and O–H groups in total. The van der Waals surface area contributed by atoms with Gasteiger partial charge in [0.25, 0.3) is 0 Å². The Morgan fingerprint density at radius 2 is 1.85 bits per heavy atom. The normalized spacial score (nSPS) is 10.6. The van der Waals surface area contributed by atoms with E-state index in [1.54, 1.807) is 11.1 Å². The monoisotopic (exact) mass is 363 g/mol. The van der Waals surface area contributed by atoms with Gasteiger partial charge >= 0.3 is 0 Å². The van der Waals surface area contributed by atoms with E-state index < -0.39 is 0 Å². The molecule has 0 spiro atoms. The molecule has 0 atom stereocenters. The smallest absolute Gasteiger partial charge is 0.222 e. The number of amides is 1. The average Bonchev–Trinajstić information content (AvgIpc) is 3.16. The maximum absolute atomic E-state index is 12.5. The molecule has 2 aromatic carbocycles. The van der Waals surface area contributed by atoms with Gasteiger partial charge in [0.1, 0.15) is 5.75 Å². The predicted molar refractivity (Wildman–Crippen MR) is 106 cm³/mol. The second kappa shape index (κ2) is 9.03. The van der Waals surface area contributed by atoms with Crippen molar-refractivity contribution in [2.75, 3.05) is 13.7 Å². The van der Waals surface area contributed by atoms with Crippen molar-refractivity contribution in [1.29, 1.82) is 0 Å². The lowest BCUT2D eigenvalue weighted by Crippen LogP contribution is -2.26. The van der Waals surface area contributed by atoms with E-state index in [9.17, 15) is 4.79 Å².